The van der Waals surface area contributed by atoms with Gasteiger partial charge in [0, 0.05) is 23.0 Å². The van der Waals surface area contributed by atoms with E-state index in [1.165, 1.54) is 7.11 Å². The molecule has 1 aliphatic rings. The lowest BCUT2D eigenvalue weighted by Crippen LogP contribution is -2.33. The van der Waals surface area contributed by atoms with Gasteiger partial charge in [0.1, 0.15) is 0 Å². The first-order valence-corrected chi connectivity index (χ1v) is 9.00. The molecular formula is C20H25N2O6+. The Kier molecular flexibility index (Phi) is 6.92. The van der Waals surface area contributed by atoms with Gasteiger partial charge in [0.25, 0.3) is 4.92 Å². The Morgan fingerprint density at radius 1 is 1.00 bits per heavy atom. The maximum absolute atomic E-state index is 12.8. The quantitative estimate of drug-likeness (QED) is 0.566. The van der Waals surface area contributed by atoms with Crippen LogP contribution >= 0.6 is 0 Å². The van der Waals surface area contributed by atoms with E-state index in [2.05, 4.69) is 5.32 Å². The van der Waals surface area contributed by atoms with Crippen LogP contribution in [-0.4, -0.2) is 37.2 Å². The molecule has 1 aliphatic heterocycles. The molecule has 0 amide bonds. The minimum absolute atomic E-state index is 0.174. The molecule has 0 fully saturated rings. The molecular weight excluding hydrogens is 364 g/mol. The second kappa shape index (κ2) is 9.16. The lowest BCUT2D eigenvalue weighted by Gasteiger charge is -2.30. The molecule has 1 aromatic carbocycles. The van der Waals surface area contributed by atoms with Gasteiger partial charge in [-0.2, -0.15) is 0 Å². The van der Waals surface area contributed by atoms with Gasteiger partial charge in [0.15, 0.2) is 7.11 Å². The maximum atomic E-state index is 12.8. The van der Waals surface area contributed by atoms with E-state index in [1.54, 1.807) is 52.0 Å². The van der Waals surface area contributed by atoms with Crippen molar-refractivity contribution in [1.29, 1.82) is 0 Å². The van der Waals surface area contributed by atoms with Gasteiger partial charge >= 0.3 is 17.6 Å². The van der Waals surface area contributed by atoms with E-state index in [9.17, 15) is 14.5 Å². The van der Waals surface area contributed by atoms with Crippen molar-refractivity contribution in [2.75, 3.05) is 20.3 Å². The number of ether oxygens (including phenoxy) is 2. The van der Waals surface area contributed by atoms with Gasteiger partial charge in [-0.3, -0.25) is 0 Å². The number of hydrogen-bond acceptors (Lipinski definition) is 7. The second-order valence-corrected chi connectivity index (χ2v) is 6.07. The SMILES string of the molecule is CCOC(=O)C1=C(C)NC(C)=C(C(=O)OCC)C1c1ccccc1[N+](=O)OC. The van der Waals surface area contributed by atoms with Gasteiger partial charge in [-0.1, -0.05) is 18.2 Å². The van der Waals surface area contributed by atoms with E-state index < -0.39 is 17.9 Å². The Bertz CT molecular complexity index is 816. The van der Waals surface area contributed by atoms with Crippen LogP contribution in [0, 0.1) is 4.91 Å². The summed E-state index contributed by atoms with van der Waals surface area (Å²) in [5, 5.41) is 3.06. The highest BCUT2D eigenvalue weighted by Crippen LogP contribution is 2.42. The van der Waals surface area contributed by atoms with Crippen molar-refractivity contribution in [2.24, 2.45) is 0 Å². The molecule has 2 rings (SSSR count). The number of allylic oxidation sites excluding steroid dienone is 2. The van der Waals surface area contributed by atoms with Crippen LogP contribution in [0.2, 0.25) is 0 Å². The number of nitrogens with zero attached hydrogens (tertiary/aromatic N) is 1. The van der Waals surface area contributed by atoms with Crippen LogP contribution < -0.4 is 5.32 Å². The van der Waals surface area contributed by atoms with Crippen LogP contribution in [0.25, 0.3) is 0 Å². The molecule has 8 nitrogen and oxygen atoms in total. The first kappa shape index (κ1) is 21.1. The fourth-order valence-corrected chi connectivity index (χ4v) is 3.26. The normalized spacial score (nSPS) is 14.5. The Hall–Kier alpha value is -3.16. The Balaban J connectivity index is 2.76. The number of carbonyl (C=O) groups excluding carboxylic acids is 2. The smallest absolute Gasteiger partial charge is 0.336 e. The fourth-order valence-electron chi connectivity index (χ4n) is 3.26. The third-order valence-electron chi connectivity index (χ3n) is 4.36. The number of rotatable bonds is 7. The van der Waals surface area contributed by atoms with E-state index in [-0.39, 0.29) is 30.0 Å². The number of benzene rings is 1. The van der Waals surface area contributed by atoms with Crippen LogP contribution in [0.15, 0.2) is 46.8 Å². The Morgan fingerprint density at radius 2 is 1.50 bits per heavy atom. The number of carbonyl (C=O) groups is 2. The van der Waals surface area contributed by atoms with Gasteiger partial charge in [-0.05, 0) is 27.7 Å². The first-order chi connectivity index (χ1) is 13.4. The molecule has 0 saturated heterocycles. The van der Waals surface area contributed by atoms with Crippen molar-refractivity contribution >= 4 is 17.6 Å². The lowest BCUT2D eigenvalue weighted by atomic mass is 9.79. The van der Waals surface area contributed by atoms with E-state index in [0.29, 0.717) is 21.9 Å². The van der Waals surface area contributed by atoms with Crippen LogP contribution in [0.1, 0.15) is 39.2 Å². The number of hydrogen-bond donors (Lipinski definition) is 1. The van der Waals surface area contributed by atoms with Gasteiger partial charge in [0.2, 0.25) is 0 Å². The Morgan fingerprint density at radius 3 is 1.96 bits per heavy atom. The average Bonchev–Trinajstić information content (AvgIpc) is 2.66. The summed E-state index contributed by atoms with van der Waals surface area (Å²) in [6, 6.07) is 6.63. The molecule has 0 aromatic heterocycles. The van der Waals surface area contributed by atoms with Crippen molar-refractivity contribution in [3.63, 3.8) is 0 Å². The van der Waals surface area contributed by atoms with Crippen LogP contribution in [0.3, 0.4) is 0 Å². The highest BCUT2D eigenvalue weighted by Gasteiger charge is 2.41. The monoisotopic (exact) mass is 389 g/mol. The van der Waals surface area contributed by atoms with Crippen molar-refractivity contribution in [1.82, 2.24) is 5.32 Å². The lowest BCUT2D eigenvalue weighted by molar-refractivity contribution is -0.737. The topological polar surface area (TPSA) is 93.9 Å². The zero-order valence-corrected chi connectivity index (χ0v) is 16.7. The first-order valence-electron chi connectivity index (χ1n) is 9.00. The third-order valence-corrected chi connectivity index (χ3v) is 4.36. The second-order valence-electron chi connectivity index (χ2n) is 6.07. The zero-order chi connectivity index (χ0) is 20.8. The molecule has 0 spiro atoms. The summed E-state index contributed by atoms with van der Waals surface area (Å²) in [7, 11) is 1.24. The summed E-state index contributed by atoms with van der Waals surface area (Å²) >= 11 is 0. The van der Waals surface area contributed by atoms with E-state index in [1.807, 2.05) is 0 Å². The highest BCUT2D eigenvalue weighted by atomic mass is 16.8. The van der Waals surface area contributed by atoms with Crippen molar-refractivity contribution in [3.05, 3.63) is 57.3 Å². The zero-order valence-electron chi connectivity index (χ0n) is 16.7. The predicted octanol–water partition coefficient (Wildman–Crippen LogP) is 3.02. The molecule has 1 aromatic rings. The van der Waals surface area contributed by atoms with E-state index in [4.69, 9.17) is 14.3 Å². The largest absolute Gasteiger partial charge is 0.463 e. The summed E-state index contributed by atoms with van der Waals surface area (Å²) < 4.78 is 10.4. The molecule has 0 unspecified atom stereocenters. The van der Waals surface area contributed by atoms with E-state index in [0.717, 1.165) is 0 Å². The minimum atomic E-state index is -0.845. The average molecular weight is 389 g/mol. The molecule has 0 radical (unpaired) electrons. The fraction of sp³-hybridized carbons (Fsp3) is 0.400. The summed E-state index contributed by atoms with van der Waals surface area (Å²) in [6.07, 6.45) is 0. The molecule has 8 heteroatoms. The predicted molar refractivity (Wildman–Crippen MR) is 101 cm³/mol. The molecule has 1 heterocycles. The van der Waals surface area contributed by atoms with E-state index >= 15 is 0 Å². The molecule has 0 atom stereocenters. The summed E-state index contributed by atoms with van der Waals surface area (Å²) in [6.45, 7) is 7.19. The highest BCUT2D eigenvalue weighted by molar-refractivity contribution is 6.00. The van der Waals surface area contributed by atoms with Crippen LogP contribution in [0.4, 0.5) is 5.69 Å². The minimum Gasteiger partial charge on any atom is -0.463 e. The standard InChI is InChI=1S/C20H24N2O6/c1-6-27-19(23)16-12(3)21-13(4)17(20(24)28-7-2)18(16)14-10-8-9-11-15(14)22(25)26-5/h8-11,18H,6-7H2,1-5H3/p+1. The van der Waals surface area contributed by atoms with Crippen LogP contribution in [-0.2, 0) is 23.9 Å². The summed E-state index contributed by atoms with van der Waals surface area (Å²) in [5.41, 5.74) is 2.18. The molecule has 0 bridgehead atoms. The molecule has 150 valence electrons. The molecule has 1 N–H and O–H groups in total. The Labute approximate surface area is 163 Å². The van der Waals surface area contributed by atoms with Gasteiger partial charge < -0.3 is 14.8 Å². The molecule has 0 saturated carbocycles. The number of esters is 2. The van der Waals surface area contributed by atoms with Crippen molar-refractivity contribution in [3.8, 4) is 0 Å². The number of dihydropyridines is 1. The van der Waals surface area contributed by atoms with Crippen molar-refractivity contribution in [2.45, 2.75) is 33.6 Å². The summed E-state index contributed by atoms with van der Waals surface area (Å²) in [5.74, 6) is -1.99. The van der Waals surface area contributed by atoms with Gasteiger partial charge in [-0.15, -0.1) is 0 Å². The summed E-state index contributed by atoms with van der Waals surface area (Å²) in [4.78, 5) is 42.9. The third kappa shape index (κ3) is 4.05. The maximum Gasteiger partial charge on any atom is 0.336 e. The van der Waals surface area contributed by atoms with Gasteiger partial charge in [-0.25, -0.2) is 14.4 Å². The van der Waals surface area contributed by atoms with Crippen molar-refractivity contribution < 1.29 is 28.8 Å². The van der Waals surface area contributed by atoms with Crippen LogP contribution in [0.5, 0.6) is 0 Å². The van der Waals surface area contributed by atoms with Gasteiger partial charge in [0.05, 0.1) is 35.2 Å². The molecule has 0 aliphatic carbocycles. The molecule has 28 heavy (non-hydrogen) atoms. The number of para-hydroxylation sites is 1. The number of nitrogens with one attached hydrogen (secondary N) is 1.